The zero-order valence-corrected chi connectivity index (χ0v) is 21.8. The van der Waals surface area contributed by atoms with E-state index >= 15 is 0 Å². The maximum atomic E-state index is 13.5. The molecule has 9 heteroatoms. The number of thiazole rings is 1. The van der Waals surface area contributed by atoms with Crippen molar-refractivity contribution in [2.75, 3.05) is 11.1 Å². The van der Waals surface area contributed by atoms with Crippen molar-refractivity contribution in [3.05, 3.63) is 6.20 Å². The number of rotatable bonds is 8. The number of anilines is 1. The number of aromatic nitrogens is 1. The second-order valence-corrected chi connectivity index (χ2v) is 12.5. The van der Waals surface area contributed by atoms with Gasteiger partial charge in [-0.2, -0.15) is 0 Å². The van der Waals surface area contributed by atoms with Gasteiger partial charge in [-0.15, -0.1) is 11.8 Å². The molecule has 2 saturated carbocycles. The van der Waals surface area contributed by atoms with Crippen molar-refractivity contribution in [3.63, 3.8) is 0 Å². The molecule has 0 atom stereocenters. The Labute approximate surface area is 206 Å². The molecule has 33 heavy (non-hydrogen) atoms. The number of carboxylic acid groups (broad SMARTS) is 1. The zero-order valence-electron chi connectivity index (χ0n) is 20.2. The van der Waals surface area contributed by atoms with Crippen LogP contribution >= 0.6 is 23.1 Å². The summed E-state index contributed by atoms with van der Waals surface area (Å²) in [4.78, 5) is 30.8. The molecule has 1 aromatic rings. The first-order valence-electron chi connectivity index (χ1n) is 12.3. The highest BCUT2D eigenvalue weighted by molar-refractivity contribution is 8.01. The highest BCUT2D eigenvalue weighted by atomic mass is 32.2. The first-order valence-corrected chi connectivity index (χ1v) is 14.1. The number of hydrogen-bond acceptors (Lipinski definition) is 6. The van der Waals surface area contributed by atoms with Gasteiger partial charge in [0.05, 0.1) is 28.5 Å². The van der Waals surface area contributed by atoms with E-state index in [1.807, 2.05) is 0 Å². The lowest BCUT2D eigenvalue weighted by molar-refractivity contribution is -0.136. The van der Waals surface area contributed by atoms with Crippen molar-refractivity contribution >= 4 is 40.2 Å². The lowest BCUT2D eigenvalue weighted by atomic mass is 9.89. The van der Waals surface area contributed by atoms with Crippen molar-refractivity contribution in [2.45, 2.75) is 119 Å². The van der Waals surface area contributed by atoms with Gasteiger partial charge in [0.15, 0.2) is 5.13 Å². The summed E-state index contributed by atoms with van der Waals surface area (Å²) in [6, 6.07) is 0.470. The number of amides is 2. The van der Waals surface area contributed by atoms with Crippen molar-refractivity contribution < 1.29 is 19.4 Å². The molecule has 2 aliphatic rings. The molecule has 0 aromatic carbocycles. The van der Waals surface area contributed by atoms with Gasteiger partial charge >= 0.3 is 12.0 Å². The molecular weight excluding hydrogens is 458 g/mol. The van der Waals surface area contributed by atoms with Gasteiger partial charge in [-0.05, 0) is 59.3 Å². The molecule has 2 aliphatic carbocycles. The predicted molar refractivity (Wildman–Crippen MR) is 134 cm³/mol. The van der Waals surface area contributed by atoms with E-state index in [4.69, 9.17) is 9.84 Å². The number of carbonyl (C=O) groups is 2. The fourth-order valence-electron chi connectivity index (χ4n) is 4.89. The van der Waals surface area contributed by atoms with Gasteiger partial charge in [0, 0.05) is 17.8 Å². The summed E-state index contributed by atoms with van der Waals surface area (Å²) in [5.41, 5.74) is -0.138. The van der Waals surface area contributed by atoms with E-state index in [1.165, 1.54) is 48.8 Å². The fourth-order valence-corrected chi connectivity index (χ4v) is 6.75. The molecule has 7 nitrogen and oxygen atoms in total. The minimum Gasteiger partial charge on any atom is -0.481 e. The maximum Gasteiger partial charge on any atom is 0.324 e. The highest BCUT2D eigenvalue weighted by Gasteiger charge is 2.35. The van der Waals surface area contributed by atoms with Crippen LogP contribution in [0.4, 0.5) is 9.93 Å². The van der Waals surface area contributed by atoms with Gasteiger partial charge in [0.2, 0.25) is 0 Å². The number of nitrogens with one attached hydrogen (secondary N) is 1. The lowest BCUT2D eigenvalue weighted by Gasteiger charge is -2.42. The SMILES string of the molecule is CC(C)(C)O[C@H]1CC[C@H](N(C(=O)Nc2ncc(SCCC(=O)O)s2)C2CCCCCC2)CC1. The summed E-state index contributed by atoms with van der Waals surface area (Å²) in [6.07, 6.45) is 13.0. The Morgan fingerprint density at radius 1 is 1.12 bits per heavy atom. The van der Waals surface area contributed by atoms with Gasteiger partial charge in [-0.1, -0.05) is 37.0 Å². The van der Waals surface area contributed by atoms with Gasteiger partial charge in [-0.3, -0.25) is 10.1 Å². The largest absolute Gasteiger partial charge is 0.481 e. The third-order valence-corrected chi connectivity index (χ3v) is 8.38. The second-order valence-electron chi connectivity index (χ2n) is 10.1. The smallest absolute Gasteiger partial charge is 0.324 e. The van der Waals surface area contributed by atoms with Crippen LogP contribution in [0.25, 0.3) is 0 Å². The van der Waals surface area contributed by atoms with Crippen LogP contribution in [0.3, 0.4) is 0 Å². The number of hydrogen-bond donors (Lipinski definition) is 2. The number of carbonyl (C=O) groups excluding carboxylic acids is 1. The zero-order chi connectivity index (χ0) is 23.8. The average molecular weight is 498 g/mol. The van der Waals surface area contributed by atoms with Crippen molar-refractivity contribution in [1.29, 1.82) is 0 Å². The van der Waals surface area contributed by atoms with E-state index < -0.39 is 5.97 Å². The van der Waals surface area contributed by atoms with Gasteiger partial charge in [0.1, 0.15) is 0 Å². The summed E-state index contributed by atoms with van der Waals surface area (Å²) in [6.45, 7) is 6.31. The van der Waals surface area contributed by atoms with Crippen LogP contribution in [0.5, 0.6) is 0 Å². The Kier molecular flexibility index (Phi) is 9.88. The molecule has 0 unspecified atom stereocenters. The van der Waals surface area contributed by atoms with Crippen LogP contribution in [0.2, 0.25) is 0 Å². The van der Waals surface area contributed by atoms with Crippen LogP contribution in [-0.2, 0) is 9.53 Å². The standard InChI is InChI=1S/C24H39N3O4S2/c1-24(2,3)31-19-12-10-18(11-13-19)27(17-8-6-4-5-7-9-17)23(30)26-22-25-16-21(33-22)32-15-14-20(28)29/h16-19H,4-15H2,1-3H3,(H,28,29)(H,25,26,30)/t18-,19-. The van der Waals surface area contributed by atoms with E-state index in [0.29, 0.717) is 10.9 Å². The average Bonchev–Trinajstić information content (AvgIpc) is 3.00. The van der Waals surface area contributed by atoms with Crippen LogP contribution < -0.4 is 5.32 Å². The normalized spacial score (nSPS) is 22.5. The Morgan fingerprint density at radius 2 is 1.76 bits per heavy atom. The van der Waals surface area contributed by atoms with Crippen LogP contribution in [0, 0.1) is 0 Å². The molecule has 0 bridgehead atoms. The predicted octanol–water partition coefficient (Wildman–Crippen LogP) is 6.39. The number of thioether (sulfide) groups is 1. The highest BCUT2D eigenvalue weighted by Crippen LogP contribution is 2.34. The molecule has 0 saturated heterocycles. The number of ether oxygens (including phenoxy) is 1. The summed E-state index contributed by atoms with van der Waals surface area (Å²) in [5, 5.41) is 12.5. The van der Waals surface area contributed by atoms with E-state index in [9.17, 15) is 9.59 Å². The quantitative estimate of drug-likeness (QED) is 0.319. The summed E-state index contributed by atoms with van der Waals surface area (Å²) in [7, 11) is 0. The first kappa shape index (κ1) is 26.3. The molecule has 1 aromatic heterocycles. The number of urea groups is 1. The van der Waals surface area contributed by atoms with E-state index in [1.54, 1.807) is 6.20 Å². The number of carboxylic acids is 1. The van der Waals surface area contributed by atoms with E-state index in [2.05, 4.69) is 36.0 Å². The second kappa shape index (κ2) is 12.4. The molecule has 186 valence electrons. The van der Waals surface area contributed by atoms with Crippen molar-refractivity contribution in [2.24, 2.45) is 0 Å². The summed E-state index contributed by atoms with van der Waals surface area (Å²) >= 11 is 2.88. The Balaban J connectivity index is 1.63. The summed E-state index contributed by atoms with van der Waals surface area (Å²) < 4.78 is 7.14. The number of aliphatic carboxylic acids is 1. The van der Waals surface area contributed by atoms with E-state index in [0.717, 1.165) is 42.7 Å². The molecule has 2 fully saturated rings. The van der Waals surface area contributed by atoms with Gasteiger partial charge < -0.3 is 14.7 Å². The van der Waals surface area contributed by atoms with Crippen LogP contribution in [0.1, 0.15) is 91.4 Å². The maximum absolute atomic E-state index is 13.5. The minimum atomic E-state index is -0.804. The topological polar surface area (TPSA) is 91.8 Å². The monoisotopic (exact) mass is 497 g/mol. The third kappa shape index (κ3) is 8.76. The molecule has 2 amide bonds. The summed E-state index contributed by atoms with van der Waals surface area (Å²) in [5.74, 6) is -0.305. The van der Waals surface area contributed by atoms with Crippen LogP contribution in [0.15, 0.2) is 10.4 Å². The molecule has 0 aliphatic heterocycles. The Morgan fingerprint density at radius 3 is 2.36 bits per heavy atom. The molecule has 3 rings (SSSR count). The molecule has 0 spiro atoms. The van der Waals surface area contributed by atoms with E-state index in [-0.39, 0.29) is 36.2 Å². The molecular formula is C24H39N3O4S2. The Bertz CT molecular complexity index is 764. The minimum absolute atomic E-state index is 0.0430. The number of nitrogens with zero attached hydrogens (tertiary/aromatic N) is 2. The van der Waals surface area contributed by atoms with Crippen molar-refractivity contribution in [1.82, 2.24) is 9.88 Å². The van der Waals surface area contributed by atoms with Crippen LogP contribution in [-0.4, -0.2) is 56.5 Å². The molecule has 2 N–H and O–H groups in total. The fraction of sp³-hybridized carbons (Fsp3) is 0.792. The first-order chi connectivity index (χ1) is 15.7. The molecule has 0 radical (unpaired) electrons. The molecule has 1 heterocycles. The lowest BCUT2D eigenvalue weighted by Crippen LogP contribution is -2.51. The third-order valence-electron chi connectivity index (χ3n) is 6.27. The van der Waals surface area contributed by atoms with Crippen molar-refractivity contribution in [3.8, 4) is 0 Å². The Hall–Kier alpha value is -1.32. The van der Waals surface area contributed by atoms with Gasteiger partial charge in [-0.25, -0.2) is 9.78 Å². The van der Waals surface area contributed by atoms with Gasteiger partial charge in [0.25, 0.3) is 0 Å².